The minimum absolute atomic E-state index is 0.129. The molecule has 0 unspecified atom stereocenters. The summed E-state index contributed by atoms with van der Waals surface area (Å²) in [5, 5.41) is 8.82. The van der Waals surface area contributed by atoms with Gasteiger partial charge in [-0.15, -0.1) is 10.2 Å². The lowest BCUT2D eigenvalue weighted by Crippen LogP contribution is -2.40. The Hall–Kier alpha value is -2.41. The van der Waals surface area contributed by atoms with Crippen LogP contribution in [0.15, 0.2) is 24.3 Å². The fourth-order valence-electron chi connectivity index (χ4n) is 3.91. The third-order valence-corrected chi connectivity index (χ3v) is 5.47. The molecule has 138 valence electrons. The molecule has 7 heteroatoms. The van der Waals surface area contributed by atoms with E-state index in [1.165, 1.54) is 6.42 Å². The second-order valence-electron chi connectivity index (χ2n) is 7.10. The number of aromatic nitrogens is 3. The highest BCUT2D eigenvalue weighted by Crippen LogP contribution is 2.30. The summed E-state index contributed by atoms with van der Waals surface area (Å²) in [6, 6.07) is 8.02. The Bertz CT molecular complexity index is 786. The van der Waals surface area contributed by atoms with E-state index in [4.69, 9.17) is 4.74 Å². The Morgan fingerprint density at radius 1 is 1.19 bits per heavy atom. The number of ether oxygens (including phenoxy) is 1. The summed E-state index contributed by atoms with van der Waals surface area (Å²) in [5.74, 6) is 2.89. The minimum Gasteiger partial charge on any atom is -0.497 e. The highest BCUT2D eigenvalue weighted by atomic mass is 16.5. The van der Waals surface area contributed by atoms with Crippen molar-refractivity contribution in [3.8, 4) is 5.75 Å². The van der Waals surface area contributed by atoms with Crippen molar-refractivity contribution in [3.63, 3.8) is 0 Å². The molecular formula is C19H25N5O2. The molecule has 7 nitrogen and oxygen atoms in total. The van der Waals surface area contributed by atoms with Crippen LogP contribution in [0.25, 0.3) is 0 Å². The van der Waals surface area contributed by atoms with Gasteiger partial charge in [-0.1, -0.05) is 12.1 Å². The standard InChI is InChI=1S/C19H25N5O2/c1-22-9-3-4-16(22)19-21-20-17-13-23(10-11-24(17)19)18(25)12-14-5-7-15(26-2)8-6-14/h5-8,16H,3-4,9-13H2,1-2H3/t16-/m0/s1. The topological polar surface area (TPSA) is 63.5 Å². The Morgan fingerprint density at radius 2 is 2.00 bits per heavy atom. The van der Waals surface area contributed by atoms with Gasteiger partial charge < -0.3 is 14.2 Å². The molecule has 1 aromatic heterocycles. The Balaban J connectivity index is 1.43. The third kappa shape index (κ3) is 3.19. The molecule has 2 aromatic rings. The zero-order chi connectivity index (χ0) is 18.1. The van der Waals surface area contributed by atoms with E-state index < -0.39 is 0 Å². The quantitative estimate of drug-likeness (QED) is 0.834. The summed E-state index contributed by atoms with van der Waals surface area (Å²) in [6.07, 6.45) is 2.74. The zero-order valence-electron chi connectivity index (χ0n) is 15.4. The average Bonchev–Trinajstić information content (AvgIpc) is 3.27. The molecule has 0 aliphatic carbocycles. The predicted octanol–water partition coefficient (Wildman–Crippen LogP) is 1.64. The number of carbonyl (C=O) groups is 1. The number of likely N-dealkylation sites (tertiary alicyclic amines) is 1. The number of benzene rings is 1. The fraction of sp³-hybridized carbons (Fsp3) is 0.526. The van der Waals surface area contributed by atoms with Crippen LogP contribution in [0.4, 0.5) is 0 Å². The van der Waals surface area contributed by atoms with Crippen molar-refractivity contribution < 1.29 is 9.53 Å². The summed E-state index contributed by atoms with van der Waals surface area (Å²) in [5.41, 5.74) is 0.996. The Labute approximate surface area is 153 Å². The number of nitrogens with zero attached hydrogens (tertiary/aromatic N) is 5. The number of hydrogen-bond donors (Lipinski definition) is 0. The molecule has 1 aromatic carbocycles. The van der Waals surface area contributed by atoms with Crippen molar-refractivity contribution in [2.45, 2.75) is 38.4 Å². The first-order valence-electron chi connectivity index (χ1n) is 9.18. The van der Waals surface area contributed by atoms with Crippen LogP contribution < -0.4 is 4.74 Å². The van der Waals surface area contributed by atoms with Gasteiger partial charge in [0.2, 0.25) is 5.91 Å². The predicted molar refractivity (Wildman–Crippen MR) is 96.7 cm³/mol. The second-order valence-corrected chi connectivity index (χ2v) is 7.10. The number of rotatable bonds is 4. The molecule has 2 aliphatic heterocycles. The number of amides is 1. The lowest BCUT2D eigenvalue weighted by atomic mass is 10.1. The lowest BCUT2D eigenvalue weighted by molar-refractivity contribution is -0.132. The number of fused-ring (bicyclic) bond motifs is 1. The zero-order valence-corrected chi connectivity index (χ0v) is 15.4. The molecule has 26 heavy (non-hydrogen) atoms. The first-order chi connectivity index (χ1) is 12.7. The first-order valence-corrected chi connectivity index (χ1v) is 9.18. The van der Waals surface area contributed by atoms with Crippen LogP contribution in [-0.2, 0) is 24.3 Å². The molecule has 0 radical (unpaired) electrons. The van der Waals surface area contributed by atoms with E-state index in [2.05, 4.69) is 26.7 Å². The monoisotopic (exact) mass is 355 g/mol. The van der Waals surface area contributed by atoms with E-state index >= 15 is 0 Å². The molecule has 1 saturated heterocycles. The Kier molecular flexibility index (Phi) is 4.63. The van der Waals surface area contributed by atoms with Gasteiger partial charge in [0.05, 0.1) is 26.1 Å². The normalized spacial score (nSPS) is 20.2. The number of hydrogen-bond acceptors (Lipinski definition) is 5. The molecule has 2 aliphatic rings. The Morgan fingerprint density at radius 3 is 2.69 bits per heavy atom. The summed E-state index contributed by atoms with van der Waals surface area (Å²) in [6.45, 7) is 3.14. The van der Waals surface area contributed by atoms with Crippen LogP contribution in [0, 0.1) is 0 Å². The molecule has 0 spiro atoms. The van der Waals surface area contributed by atoms with Gasteiger partial charge >= 0.3 is 0 Å². The van der Waals surface area contributed by atoms with Crippen molar-refractivity contribution in [3.05, 3.63) is 41.5 Å². The van der Waals surface area contributed by atoms with Crippen LogP contribution in [-0.4, -0.2) is 57.7 Å². The molecule has 1 atom stereocenters. The van der Waals surface area contributed by atoms with Gasteiger partial charge in [0, 0.05) is 13.1 Å². The molecule has 3 heterocycles. The lowest BCUT2D eigenvalue weighted by Gasteiger charge is -2.29. The van der Waals surface area contributed by atoms with Crippen molar-refractivity contribution >= 4 is 5.91 Å². The largest absolute Gasteiger partial charge is 0.497 e. The molecule has 0 saturated carbocycles. The first kappa shape index (κ1) is 17.0. The molecule has 4 rings (SSSR count). The van der Waals surface area contributed by atoms with E-state index in [0.717, 1.165) is 42.5 Å². The van der Waals surface area contributed by atoms with Crippen LogP contribution in [0.5, 0.6) is 5.75 Å². The highest BCUT2D eigenvalue weighted by Gasteiger charge is 2.31. The van der Waals surface area contributed by atoms with Crippen LogP contribution in [0.3, 0.4) is 0 Å². The van der Waals surface area contributed by atoms with Gasteiger partial charge in [-0.3, -0.25) is 9.69 Å². The van der Waals surface area contributed by atoms with Gasteiger partial charge in [0.15, 0.2) is 11.6 Å². The van der Waals surface area contributed by atoms with Gasteiger partial charge in [-0.2, -0.15) is 0 Å². The van der Waals surface area contributed by atoms with Gasteiger partial charge in [0.25, 0.3) is 0 Å². The van der Waals surface area contributed by atoms with Gasteiger partial charge in [-0.25, -0.2) is 0 Å². The smallest absolute Gasteiger partial charge is 0.227 e. The minimum atomic E-state index is 0.129. The van der Waals surface area contributed by atoms with Crippen molar-refractivity contribution in [1.29, 1.82) is 0 Å². The molecular weight excluding hydrogens is 330 g/mol. The number of methoxy groups -OCH3 is 1. The van der Waals surface area contributed by atoms with Crippen molar-refractivity contribution in [2.75, 3.05) is 27.2 Å². The summed E-state index contributed by atoms with van der Waals surface area (Å²) >= 11 is 0. The van der Waals surface area contributed by atoms with Crippen LogP contribution >= 0.6 is 0 Å². The van der Waals surface area contributed by atoms with E-state index in [1.807, 2.05) is 29.2 Å². The fourth-order valence-corrected chi connectivity index (χ4v) is 3.91. The molecule has 0 N–H and O–H groups in total. The van der Waals surface area contributed by atoms with Crippen LogP contribution in [0.2, 0.25) is 0 Å². The maximum Gasteiger partial charge on any atom is 0.227 e. The highest BCUT2D eigenvalue weighted by molar-refractivity contribution is 5.78. The SMILES string of the molecule is COc1ccc(CC(=O)N2CCn3c(nnc3[C@@H]3CCCN3C)C2)cc1. The van der Waals surface area contributed by atoms with Crippen molar-refractivity contribution in [2.24, 2.45) is 0 Å². The summed E-state index contributed by atoms with van der Waals surface area (Å²) in [7, 11) is 3.79. The molecule has 0 bridgehead atoms. The third-order valence-electron chi connectivity index (χ3n) is 5.47. The average molecular weight is 355 g/mol. The maximum absolute atomic E-state index is 12.7. The number of carbonyl (C=O) groups excluding carboxylic acids is 1. The van der Waals surface area contributed by atoms with E-state index in [1.54, 1.807) is 7.11 Å². The maximum atomic E-state index is 12.7. The van der Waals surface area contributed by atoms with Gasteiger partial charge in [-0.05, 0) is 44.1 Å². The van der Waals surface area contributed by atoms with Gasteiger partial charge in [0.1, 0.15) is 5.75 Å². The van der Waals surface area contributed by atoms with E-state index in [9.17, 15) is 4.79 Å². The second kappa shape index (κ2) is 7.07. The summed E-state index contributed by atoms with van der Waals surface area (Å²) in [4.78, 5) is 16.9. The van der Waals surface area contributed by atoms with Crippen molar-refractivity contribution in [1.82, 2.24) is 24.6 Å². The molecule has 1 amide bonds. The van der Waals surface area contributed by atoms with Crippen LogP contribution in [0.1, 0.15) is 36.1 Å². The molecule has 1 fully saturated rings. The van der Waals surface area contributed by atoms with E-state index in [-0.39, 0.29) is 5.91 Å². The van der Waals surface area contributed by atoms with E-state index in [0.29, 0.717) is 25.6 Å². The summed E-state index contributed by atoms with van der Waals surface area (Å²) < 4.78 is 7.38.